The molecular weight excluding hydrogens is 330 g/mol. The molecule has 0 atom stereocenters. The minimum absolute atomic E-state index is 0.593. The molecule has 0 aliphatic heterocycles. The maximum atomic E-state index is 5.86. The first kappa shape index (κ1) is 15.8. The van der Waals surface area contributed by atoms with Crippen LogP contribution in [-0.2, 0) is 6.42 Å². The summed E-state index contributed by atoms with van der Waals surface area (Å²) in [6.07, 6.45) is 3.71. The average molecular weight is 350 g/mol. The van der Waals surface area contributed by atoms with Gasteiger partial charge < -0.3 is 10.1 Å². The Labute approximate surface area is 134 Å². The molecule has 1 aromatic heterocycles. The van der Waals surface area contributed by atoms with Crippen LogP contribution < -0.4 is 10.1 Å². The van der Waals surface area contributed by atoms with Crippen molar-refractivity contribution in [1.29, 1.82) is 0 Å². The summed E-state index contributed by atoms with van der Waals surface area (Å²) in [6, 6.07) is 8.20. The van der Waals surface area contributed by atoms with Gasteiger partial charge in [-0.1, -0.05) is 31.5 Å². The SMILES string of the molecule is CCCc1ccccc1OCCNc1ncnc(C)c1Br. The fourth-order valence-corrected chi connectivity index (χ4v) is 2.38. The van der Waals surface area contributed by atoms with E-state index in [0.29, 0.717) is 13.2 Å². The van der Waals surface area contributed by atoms with Gasteiger partial charge in [-0.05, 0) is 40.9 Å². The van der Waals surface area contributed by atoms with Gasteiger partial charge in [-0.2, -0.15) is 0 Å². The maximum absolute atomic E-state index is 5.86. The van der Waals surface area contributed by atoms with Gasteiger partial charge in [0.15, 0.2) is 0 Å². The normalized spacial score (nSPS) is 10.4. The predicted octanol–water partition coefficient (Wildman–Crippen LogP) is 3.99. The Morgan fingerprint density at radius 1 is 1.24 bits per heavy atom. The van der Waals surface area contributed by atoms with E-state index in [4.69, 9.17) is 4.74 Å². The molecule has 0 unspecified atom stereocenters. The van der Waals surface area contributed by atoms with E-state index in [0.717, 1.165) is 34.6 Å². The number of aryl methyl sites for hydroxylation is 2. The maximum Gasteiger partial charge on any atom is 0.144 e. The lowest BCUT2D eigenvalue weighted by atomic mass is 10.1. The van der Waals surface area contributed by atoms with Crippen LogP contribution >= 0.6 is 15.9 Å². The van der Waals surface area contributed by atoms with E-state index in [9.17, 15) is 0 Å². The molecule has 0 radical (unpaired) electrons. The number of para-hydroxylation sites is 1. The molecule has 0 fully saturated rings. The molecule has 2 rings (SSSR count). The zero-order valence-corrected chi connectivity index (χ0v) is 14.0. The van der Waals surface area contributed by atoms with Crippen LogP contribution in [0.15, 0.2) is 35.1 Å². The highest BCUT2D eigenvalue weighted by Gasteiger charge is 2.05. The highest BCUT2D eigenvalue weighted by atomic mass is 79.9. The second-order valence-electron chi connectivity index (χ2n) is 4.75. The lowest BCUT2D eigenvalue weighted by Gasteiger charge is -2.12. The number of nitrogens with one attached hydrogen (secondary N) is 1. The van der Waals surface area contributed by atoms with Crippen LogP contribution in [0.3, 0.4) is 0 Å². The van der Waals surface area contributed by atoms with Gasteiger partial charge in [0, 0.05) is 0 Å². The van der Waals surface area contributed by atoms with Crippen LogP contribution in [0.1, 0.15) is 24.6 Å². The van der Waals surface area contributed by atoms with Gasteiger partial charge in [-0.15, -0.1) is 0 Å². The van der Waals surface area contributed by atoms with Gasteiger partial charge in [0.25, 0.3) is 0 Å². The molecule has 2 aromatic rings. The number of anilines is 1. The molecule has 0 spiro atoms. The Morgan fingerprint density at radius 3 is 2.86 bits per heavy atom. The summed E-state index contributed by atoms with van der Waals surface area (Å²) >= 11 is 3.48. The van der Waals surface area contributed by atoms with Crippen LogP contribution in [0.25, 0.3) is 0 Å². The first-order chi connectivity index (χ1) is 10.2. The lowest BCUT2D eigenvalue weighted by Crippen LogP contribution is -2.13. The van der Waals surface area contributed by atoms with E-state index in [-0.39, 0.29) is 0 Å². The van der Waals surface area contributed by atoms with E-state index >= 15 is 0 Å². The average Bonchev–Trinajstić information content (AvgIpc) is 2.49. The summed E-state index contributed by atoms with van der Waals surface area (Å²) in [7, 11) is 0. The van der Waals surface area contributed by atoms with Gasteiger partial charge in [0.05, 0.1) is 16.7 Å². The van der Waals surface area contributed by atoms with Gasteiger partial charge in [0.1, 0.15) is 24.5 Å². The van der Waals surface area contributed by atoms with E-state index in [1.54, 1.807) is 6.33 Å². The van der Waals surface area contributed by atoms with Gasteiger partial charge >= 0.3 is 0 Å². The number of nitrogens with zero attached hydrogens (tertiary/aromatic N) is 2. The van der Waals surface area contributed by atoms with E-state index in [2.05, 4.69) is 50.3 Å². The summed E-state index contributed by atoms with van der Waals surface area (Å²) in [5.41, 5.74) is 2.18. The minimum Gasteiger partial charge on any atom is -0.491 e. The Bertz CT molecular complexity index is 589. The van der Waals surface area contributed by atoms with Crippen LogP contribution in [0.5, 0.6) is 5.75 Å². The second kappa shape index (κ2) is 7.98. The molecule has 0 aliphatic rings. The smallest absolute Gasteiger partial charge is 0.144 e. The zero-order chi connectivity index (χ0) is 15.1. The highest BCUT2D eigenvalue weighted by molar-refractivity contribution is 9.10. The zero-order valence-electron chi connectivity index (χ0n) is 12.4. The monoisotopic (exact) mass is 349 g/mol. The van der Waals surface area contributed by atoms with Crippen molar-refractivity contribution in [3.8, 4) is 5.75 Å². The molecule has 21 heavy (non-hydrogen) atoms. The largest absolute Gasteiger partial charge is 0.491 e. The van der Waals surface area contributed by atoms with Crippen LogP contribution in [0.2, 0.25) is 0 Å². The number of aromatic nitrogens is 2. The molecule has 0 saturated carbocycles. The molecule has 112 valence electrons. The van der Waals surface area contributed by atoms with E-state index in [1.807, 2.05) is 19.1 Å². The number of hydrogen-bond acceptors (Lipinski definition) is 4. The van der Waals surface area contributed by atoms with Crippen molar-refractivity contribution in [3.63, 3.8) is 0 Å². The van der Waals surface area contributed by atoms with Crippen LogP contribution in [0, 0.1) is 6.92 Å². The van der Waals surface area contributed by atoms with E-state index < -0.39 is 0 Å². The van der Waals surface area contributed by atoms with Gasteiger partial charge in [0.2, 0.25) is 0 Å². The number of ether oxygens (including phenoxy) is 1. The Hall–Kier alpha value is -1.62. The highest BCUT2D eigenvalue weighted by Crippen LogP contribution is 2.22. The topological polar surface area (TPSA) is 47.0 Å². The van der Waals surface area contributed by atoms with Crippen molar-refractivity contribution in [2.24, 2.45) is 0 Å². The first-order valence-electron chi connectivity index (χ1n) is 7.14. The van der Waals surface area contributed by atoms with Crippen molar-refractivity contribution < 1.29 is 4.74 Å². The number of halogens is 1. The molecule has 1 heterocycles. The van der Waals surface area contributed by atoms with Crippen LogP contribution in [0.4, 0.5) is 5.82 Å². The Kier molecular flexibility index (Phi) is 5.99. The second-order valence-corrected chi connectivity index (χ2v) is 5.55. The Balaban J connectivity index is 1.86. The van der Waals surface area contributed by atoms with E-state index in [1.165, 1.54) is 5.56 Å². The van der Waals surface area contributed by atoms with Crippen molar-refractivity contribution in [2.75, 3.05) is 18.5 Å². The number of rotatable bonds is 7. The molecular formula is C16H20BrN3O. The molecule has 4 nitrogen and oxygen atoms in total. The summed E-state index contributed by atoms with van der Waals surface area (Å²) < 4.78 is 6.76. The quantitative estimate of drug-likeness (QED) is 0.767. The Morgan fingerprint density at radius 2 is 2.05 bits per heavy atom. The van der Waals surface area contributed by atoms with Crippen LogP contribution in [-0.4, -0.2) is 23.1 Å². The third kappa shape index (κ3) is 4.43. The molecule has 0 aliphatic carbocycles. The molecule has 1 N–H and O–H groups in total. The number of hydrogen-bond donors (Lipinski definition) is 1. The lowest BCUT2D eigenvalue weighted by molar-refractivity contribution is 0.329. The molecule has 0 saturated heterocycles. The molecule has 1 aromatic carbocycles. The summed E-state index contributed by atoms with van der Waals surface area (Å²) in [6.45, 7) is 5.40. The first-order valence-corrected chi connectivity index (χ1v) is 7.93. The molecule has 0 amide bonds. The molecule has 5 heteroatoms. The molecule has 0 bridgehead atoms. The van der Waals surface area contributed by atoms with Crippen molar-refractivity contribution in [3.05, 3.63) is 46.3 Å². The number of benzene rings is 1. The summed E-state index contributed by atoms with van der Waals surface area (Å²) in [5.74, 6) is 1.77. The minimum atomic E-state index is 0.593. The standard InChI is InChI=1S/C16H20BrN3O/c1-3-6-13-7-4-5-8-14(13)21-10-9-18-16-15(17)12(2)19-11-20-16/h4-5,7-8,11H,3,6,9-10H2,1-2H3,(H,18,19,20). The third-order valence-electron chi connectivity index (χ3n) is 3.11. The van der Waals surface area contributed by atoms with Gasteiger partial charge in [-0.3, -0.25) is 0 Å². The van der Waals surface area contributed by atoms with Crippen molar-refractivity contribution in [2.45, 2.75) is 26.7 Å². The van der Waals surface area contributed by atoms with Gasteiger partial charge in [-0.25, -0.2) is 9.97 Å². The fourth-order valence-electron chi connectivity index (χ4n) is 2.03. The third-order valence-corrected chi connectivity index (χ3v) is 4.06. The van der Waals surface area contributed by atoms with Crippen molar-refractivity contribution in [1.82, 2.24) is 9.97 Å². The summed E-state index contributed by atoms with van der Waals surface area (Å²) in [5, 5.41) is 3.25. The fraction of sp³-hybridized carbons (Fsp3) is 0.375. The summed E-state index contributed by atoms with van der Waals surface area (Å²) in [4.78, 5) is 8.32. The predicted molar refractivity (Wildman–Crippen MR) is 88.9 cm³/mol. The van der Waals surface area contributed by atoms with Crippen molar-refractivity contribution >= 4 is 21.7 Å².